The Morgan fingerprint density at radius 3 is 2.30 bits per heavy atom. The molecule has 4 nitrogen and oxygen atoms in total. The largest absolute Gasteiger partial charge is 0.493 e. The van der Waals surface area contributed by atoms with E-state index in [0.717, 1.165) is 22.6 Å². The molecule has 4 rings (SSSR count). The molecule has 1 aromatic heterocycles. The van der Waals surface area contributed by atoms with Gasteiger partial charge in [0.25, 0.3) is 0 Å². The number of ether oxygens (including phenoxy) is 2. The lowest BCUT2D eigenvalue weighted by atomic mass is 10.1. The van der Waals surface area contributed by atoms with Gasteiger partial charge in [-0.3, -0.25) is 0 Å². The normalized spacial score (nSPS) is 12.1. The number of rotatable bonds is 6. The van der Waals surface area contributed by atoms with E-state index in [0.29, 0.717) is 12.4 Å². The Balaban J connectivity index is 1.72. The minimum absolute atomic E-state index is 0.148. The van der Waals surface area contributed by atoms with Crippen LogP contribution in [0.4, 0.5) is 0 Å². The number of para-hydroxylation sites is 4. The van der Waals surface area contributed by atoms with Gasteiger partial charge >= 0.3 is 0 Å². The highest BCUT2D eigenvalue weighted by Gasteiger charge is 2.18. The first kappa shape index (κ1) is 17.2. The number of hydrogen-bond donors (Lipinski definition) is 0. The Kier molecular flexibility index (Phi) is 4.79. The summed E-state index contributed by atoms with van der Waals surface area (Å²) in [7, 11) is 1.65. The van der Waals surface area contributed by atoms with E-state index in [4.69, 9.17) is 14.5 Å². The molecular formula is C23H22N2O2. The van der Waals surface area contributed by atoms with Gasteiger partial charge in [0, 0.05) is 0 Å². The first-order valence-corrected chi connectivity index (χ1v) is 9.04. The van der Waals surface area contributed by atoms with Gasteiger partial charge in [0.1, 0.15) is 12.4 Å². The van der Waals surface area contributed by atoms with Crippen LogP contribution in [0.3, 0.4) is 0 Å². The SMILES string of the molecule is COc1ccccc1OCc1nc2ccccc2n1C(C)c1ccccc1. The highest BCUT2D eigenvalue weighted by Crippen LogP contribution is 2.29. The van der Waals surface area contributed by atoms with Gasteiger partial charge in [-0.1, -0.05) is 54.6 Å². The maximum Gasteiger partial charge on any atom is 0.161 e. The van der Waals surface area contributed by atoms with Crippen LogP contribution in [0.15, 0.2) is 78.9 Å². The van der Waals surface area contributed by atoms with Crippen LogP contribution >= 0.6 is 0 Å². The van der Waals surface area contributed by atoms with E-state index >= 15 is 0 Å². The predicted octanol–water partition coefficient (Wildman–Crippen LogP) is 5.23. The van der Waals surface area contributed by atoms with Crippen molar-refractivity contribution in [2.45, 2.75) is 19.6 Å². The van der Waals surface area contributed by atoms with Crippen molar-refractivity contribution >= 4 is 11.0 Å². The van der Waals surface area contributed by atoms with Gasteiger partial charge in [0.2, 0.25) is 0 Å². The second-order valence-electron chi connectivity index (χ2n) is 6.41. The van der Waals surface area contributed by atoms with Crippen LogP contribution in [-0.2, 0) is 6.61 Å². The molecule has 136 valence electrons. The number of methoxy groups -OCH3 is 1. The van der Waals surface area contributed by atoms with Crippen molar-refractivity contribution in [3.8, 4) is 11.5 Å². The fourth-order valence-corrected chi connectivity index (χ4v) is 3.39. The number of nitrogens with zero attached hydrogens (tertiary/aromatic N) is 2. The van der Waals surface area contributed by atoms with Gasteiger partial charge in [0.05, 0.1) is 24.2 Å². The second-order valence-corrected chi connectivity index (χ2v) is 6.41. The summed E-state index contributed by atoms with van der Waals surface area (Å²) in [6, 6.07) is 26.5. The van der Waals surface area contributed by atoms with Gasteiger partial charge in [-0.2, -0.15) is 0 Å². The van der Waals surface area contributed by atoms with Crippen LogP contribution < -0.4 is 9.47 Å². The van der Waals surface area contributed by atoms with Crippen molar-refractivity contribution in [3.05, 3.63) is 90.3 Å². The predicted molar refractivity (Wildman–Crippen MR) is 107 cm³/mol. The molecule has 0 aliphatic rings. The number of aromatic nitrogens is 2. The summed E-state index contributed by atoms with van der Waals surface area (Å²) in [5.41, 5.74) is 3.31. The summed E-state index contributed by atoms with van der Waals surface area (Å²) >= 11 is 0. The lowest BCUT2D eigenvalue weighted by Gasteiger charge is -2.19. The van der Waals surface area contributed by atoms with Crippen molar-refractivity contribution < 1.29 is 9.47 Å². The quantitative estimate of drug-likeness (QED) is 0.473. The van der Waals surface area contributed by atoms with E-state index in [1.807, 2.05) is 48.5 Å². The smallest absolute Gasteiger partial charge is 0.161 e. The second kappa shape index (κ2) is 7.54. The Morgan fingerprint density at radius 1 is 0.852 bits per heavy atom. The molecule has 4 aromatic rings. The molecule has 0 radical (unpaired) electrons. The molecule has 0 spiro atoms. The average Bonchev–Trinajstić information content (AvgIpc) is 3.11. The monoisotopic (exact) mass is 358 g/mol. The van der Waals surface area contributed by atoms with Crippen molar-refractivity contribution in [1.29, 1.82) is 0 Å². The summed E-state index contributed by atoms with van der Waals surface area (Å²) in [6.45, 7) is 2.56. The molecule has 0 fully saturated rings. The molecular weight excluding hydrogens is 336 g/mol. The highest BCUT2D eigenvalue weighted by atomic mass is 16.5. The molecule has 0 aliphatic carbocycles. The minimum atomic E-state index is 0.148. The summed E-state index contributed by atoms with van der Waals surface area (Å²) in [6.07, 6.45) is 0. The van der Waals surface area contributed by atoms with Crippen molar-refractivity contribution in [1.82, 2.24) is 9.55 Å². The lowest BCUT2D eigenvalue weighted by molar-refractivity contribution is 0.271. The van der Waals surface area contributed by atoms with Crippen LogP contribution in [0.2, 0.25) is 0 Å². The number of benzene rings is 3. The third-order valence-corrected chi connectivity index (χ3v) is 4.76. The molecule has 1 heterocycles. The zero-order valence-electron chi connectivity index (χ0n) is 15.5. The number of hydrogen-bond acceptors (Lipinski definition) is 3. The van der Waals surface area contributed by atoms with Gasteiger partial charge in [-0.05, 0) is 36.8 Å². The lowest BCUT2D eigenvalue weighted by Crippen LogP contribution is -2.13. The van der Waals surface area contributed by atoms with Gasteiger partial charge < -0.3 is 14.0 Å². The molecule has 0 bridgehead atoms. The van der Waals surface area contributed by atoms with Gasteiger partial charge in [-0.25, -0.2) is 4.98 Å². The van der Waals surface area contributed by atoms with E-state index in [9.17, 15) is 0 Å². The van der Waals surface area contributed by atoms with Crippen LogP contribution in [0.1, 0.15) is 24.4 Å². The standard InChI is InChI=1S/C23H22N2O2/c1-17(18-10-4-3-5-11-18)25-20-13-7-6-12-19(20)24-23(25)16-27-22-15-9-8-14-21(22)26-2/h3-15,17H,16H2,1-2H3. The van der Waals surface area contributed by atoms with E-state index in [1.54, 1.807) is 7.11 Å². The maximum absolute atomic E-state index is 6.06. The molecule has 0 saturated heterocycles. The topological polar surface area (TPSA) is 36.3 Å². The van der Waals surface area contributed by atoms with Crippen LogP contribution in [0, 0.1) is 0 Å². The molecule has 27 heavy (non-hydrogen) atoms. The van der Waals surface area contributed by atoms with Crippen LogP contribution in [-0.4, -0.2) is 16.7 Å². The van der Waals surface area contributed by atoms with Crippen molar-refractivity contribution in [2.75, 3.05) is 7.11 Å². The van der Waals surface area contributed by atoms with E-state index in [-0.39, 0.29) is 6.04 Å². The van der Waals surface area contributed by atoms with E-state index in [1.165, 1.54) is 5.56 Å². The molecule has 3 aromatic carbocycles. The third kappa shape index (κ3) is 3.38. The number of imidazole rings is 1. The summed E-state index contributed by atoms with van der Waals surface area (Å²) in [5.74, 6) is 2.32. The van der Waals surface area contributed by atoms with Crippen LogP contribution in [0.5, 0.6) is 11.5 Å². The molecule has 1 unspecified atom stereocenters. The Bertz CT molecular complexity index is 1040. The Morgan fingerprint density at radius 2 is 1.52 bits per heavy atom. The van der Waals surface area contributed by atoms with Crippen molar-refractivity contribution in [2.24, 2.45) is 0 Å². The molecule has 0 aliphatic heterocycles. The summed E-state index contributed by atoms with van der Waals surface area (Å²) in [5, 5.41) is 0. The maximum atomic E-state index is 6.06. The molecule has 0 saturated carbocycles. The van der Waals surface area contributed by atoms with Gasteiger partial charge in [0.15, 0.2) is 11.5 Å². The minimum Gasteiger partial charge on any atom is -0.493 e. The summed E-state index contributed by atoms with van der Waals surface area (Å²) in [4.78, 5) is 4.83. The zero-order valence-corrected chi connectivity index (χ0v) is 15.5. The summed E-state index contributed by atoms with van der Waals surface area (Å²) < 4.78 is 13.7. The third-order valence-electron chi connectivity index (χ3n) is 4.76. The fraction of sp³-hybridized carbons (Fsp3) is 0.174. The first-order chi connectivity index (χ1) is 13.3. The van der Waals surface area contributed by atoms with E-state index < -0.39 is 0 Å². The molecule has 4 heteroatoms. The van der Waals surface area contributed by atoms with Crippen LogP contribution in [0.25, 0.3) is 11.0 Å². The molecule has 1 atom stereocenters. The van der Waals surface area contributed by atoms with E-state index in [2.05, 4.69) is 41.8 Å². The Hall–Kier alpha value is -3.27. The highest BCUT2D eigenvalue weighted by molar-refractivity contribution is 5.76. The molecule has 0 amide bonds. The average molecular weight is 358 g/mol. The number of fused-ring (bicyclic) bond motifs is 1. The fourth-order valence-electron chi connectivity index (χ4n) is 3.39. The first-order valence-electron chi connectivity index (χ1n) is 9.04. The van der Waals surface area contributed by atoms with Crippen molar-refractivity contribution in [3.63, 3.8) is 0 Å². The van der Waals surface area contributed by atoms with Gasteiger partial charge in [-0.15, -0.1) is 0 Å². The Labute approximate surface area is 159 Å². The molecule has 0 N–H and O–H groups in total. The zero-order chi connectivity index (χ0) is 18.6.